The van der Waals surface area contributed by atoms with E-state index in [2.05, 4.69) is 16.0 Å². The van der Waals surface area contributed by atoms with E-state index in [9.17, 15) is 27.2 Å². The van der Waals surface area contributed by atoms with E-state index in [-0.39, 0.29) is 37.6 Å². The van der Waals surface area contributed by atoms with E-state index in [1.807, 2.05) is 29.2 Å². The monoisotopic (exact) mass is 492 g/mol. The summed E-state index contributed by atoms with van der Waals surface area (Å²) in [5.74, 6) is -2.56. The fourth-order valence-corrected chi connectivity index (χ4v) is 4.51. The van der Waals surface area contributed by atoms with Crippen LogP contribution in [0.15, 0.2) is 36.4 Å². The van der Waals surface area contributed by atoms with Crippen molar-refractivity contribution in [2.24, 2.45) is 11.8 Å². The lowest BCUT2D eigenvalue weighted by atomic mass is 9.96. The molecule has 2 aromatic carbocycles. The molecule has 2 heterocycles. The number of hydrogen-bond donors (Lipinski definition) is 3. The highest BCUT2D eigenvalue weighted by molar-refractivity contribution is 5.89. The number of hydrogen-bond acceptors (Lipinski definition) is 4. The number of alkyl halides is 3. The van der Waals surface area contributed by atoms with E-state index in [4.69, 9.17) is 0 Å². The third-order valence-electron chi connectivity index (χ3n) is 6.74. The number of benzene rings is 2. The van der Waals surface area contributed by atoms with Gasteiger partial charge >= 0.3 is 6.18 Å². The number of amides is 2. The average molecular weight is 493 g/mol. The van der Waals surface area contributed by atoms with Crippen LogP contribution >= 0.6 is 0 Å². The van der Waals surface area contributed by atoms with Crippen molar-refractivity contribution in [1.82, 2.24) is 10.6 Å². The van der Waals surface area contributed by atoms with Gasteiger partial charge in [-0.1, -0.05) is 6.07 Å². The molecule has 3 N–H and O–H groups in total. The number of carbonyl (C=O) groups is 2. The van der Waals surface area contributed by atoms with Crippen LogP contribution in [-0.4, -0.2) is 37.6 Å². The lowest BCUT2D eigenvalue weighted by Gasteiger charge is -2.34. The topological polar surface area (TPSA) is 73.5 Å². The van der Waals surface area contributed by atoms with Crippen LogP contribution in [0.25, 0.3) is 0 Å². The predicted octanol–water partition coefficient (Wildman–Crippen LogP) is 4.41. The van der Waals surface area contributed by atoms with Gasteiger partial charge in [0, 0.05) is 60.8 Å². The Morgan fingerprint density at radius 3 is 2.40 bits per heavy atom. The Morgan fingerprint density at radius 2 is 1.80 bits per heavy atom. The minimum Gasteiger partial charge on any atom is -0.372 e. The highest BCUT2D eigenvalue weighted by atomic mass is 19.4. The van der Waals surface area contributed by atoms with E-state index < -0.39 is 23.8 Å². The Bertz CT molecular complexity index is 1080. The molecule has 0 bridgehead atoms. The predicted molar refractivity (Wildman–Crippen MR) is 125 cm³/mol. The summed E-state index contributed by atoms with van der Waals surface area (Å²) in [5, 5.41) is 8.46. The van der Waals surface area contributed by atoms with Gasteiger partial charge in [-0.15, -0.1) is 0 Å². The van der Waals surface area contributed by atoms with Crippen LogP contribution in [0.4, 0.5) is 34.6 Å². The minimum atomic E-state index is -4.14. The molecular formula is C25H28F4N4O2. The van der Waals surface area contributed by atoms with Gasteiger partial charge in [0.05, 0.1) is 11.8 Å². The van der Waals surface area contributed by atoms with Gasteiger partial charge in [0.1, 0.15) is 5.82 Å². The van der Waals surface area contributed by atoms with Crippen LogP contribution < -0.4 is 20.9 Å². The summed E-state index contributed by atoms with van der Waals surface area (Å²) in [6.45, 7) is 2.66. The molecule has 0 aromatic heterocycles. The van der Waals surface area contributed by atoms with Gasteiger partial charge in [0.15, 0.2) is 0 Å². The molecule has 1 unspecified atom stereocenters. The number of piperidine rings is 1. The Labute approximate surface area is 201 Å². The van der Waals surface area contributed by atoms with Crippen molar-refractivity contribution < 1.29 is 27.2 Å². The van der Waals surface area contributed by atoms with Crippen LogP contribution in [0, 0.1) is 24.6 Å². The van der Waals surface area contributed by atoms with Crippen molar-refractivity contribution >= 4 is 28.9 Å². The molecule has 2 aliphatic rings. The summed E-state index contributed by atoms with van der Waals surface area (Å²) in [6, 6.07) is 10.6. The van der Waals surface area contributed by atoms with Crippen molar-refractivity contribution in [3.8, 4) is 0 Å². The van der Waals surface area contributed by atoms with E-state index in [0.29, 0.717) is 36.4 Å². The average Bonchev–Trinajstić information content (AvgIpc) is 3.28. The Balaban J connectivity index is 1.34. The molecule has 2 saturated heterocycles. The molecule has 6 nitrogen and oxygen atoms in total. The highest BCUT2D eigenvalue weighted by Crippen LogP contribution is 2.35. The molecule has 0 saturated carbocycles. The molecule has 0 radical (unpaired) electrons. The number of rotatable bonds is 6. The number of anilines is 3. The zero-order valence-corrected chi connectivity index (χ0v) is 19.3. The third-order valence-corrected chi connectivity index (χ3v) is 6.74. The van der Waals surface area contributed by atoms with Gasteiger partial charge in [0.2, 0.25) is 11.8 Å². The molecule has 188 valence electrons. The zero-order valence-electron chi connectivity index (χ0n) is 19.3. The molecule has 2 amide bonds. The van der Waals surface area contributed by atoms with Crippen molar-refractivity contribution in [2.75, 3.05) is 29.9 Å². The van der Waals surface area contributed by atoms with Crippen molar-refractivity contribution in [3.63, 3.8) is 0 Å². The van der Waals surface area contributed by atoms with Gasteiger partial charge in [-0.2, -0.15) is 13.2 Å². The van der Waals surface area contributed by atoms with Crippen LogP contribution in [0.5, 0.6) is 0 Å². The van der Waals surface area contributed by atoms with Crippen molar-refractivity contribution in [3.05, 3.63) is 53.3 Å². The van der Waals surface area contributed by atoms with Crippen LogP contribution in [-0.2, 0) is 16.1 Å². The second-order valence-electron chi connectivity index (χ2n) is 9.11. The molecule has 35 heavy (non-hydrogen) atoms. The Hall–Kier alpha value is -3.30. The Morgan fingerprint density at radius 1 is 1.11 bits per heavy atom. The maximum Gasteiger partial charge on any atom is 0.391 e. The molecule has 10 heteroatoms. The van der Waals surface area contributed by atoms with Crippen LogP contribution in [0.3, 0.4) is 0 Å². The van der Waals surface area contributed by atoms with Gasteiger partial charge in [-0.3, -0.25) is 9.59 Å². The largest absolute Gasteiger partial charge is 0.391 e. The SMILES string of the molecule is Cc1c(Nc2ccc(N3CCC(C(F)(F)F)CC3)cc2)ccc(CNC(=O)C2CNC(=O)C2)c1F. The quantitative estimate of drug-likeness (QED) is 0.523. The van der Waals surface area contributed by atoms with Gasteiger partial charge in [-0.05, 0) is 50.1 Å². The normalized spacial score (nSPS) is 18.9. The van der Waals surface area contributed by atoms with Gasteiger partial charge < -0.3 is 20.9 Å². The lowest BCUT2D eigenvalue weighted by Crippen LogP contribution is -2.38. The molecule has 4 rings (SSSR count). The first kappa shape index (κ1) is 24.8. The molecule has 2 fully saturated rings. The van der Waals surface area contributed by atoms with E-state index in [1.165, 1.54) is 0 Å². The van der Waals surface area contributed by atoms with Crippen molar-refractivity contribution in [1.29, 1.82) is 0 Å². The third kappa shape index (κ3) is 5.86. The first-order chi connectivity index (χ1) is 16.6. The maximum atomic E-state index is 14.9. The summed E-state index contributed by atoms with van der Waals surface area (Å²) in [7, 11) is 0. The van der Waals surface area contributed by atoms with Crippen LogP contribution in [0.1, 0.15) is 30.4 Å². The Kier molecular flexibility index (Phi) is 7.18. The second-order valence-corrected chi connectivity index (χ2v) is 9.11. The molecule has 1 atom stereocenters. The first-order valence-corrected chi connectivity index (χ1v) is 11.6. The van der Waals surface area contributed by atoms with E-state index >= 15 is 0 Å². The molecule has 0 aliphatic carbocycles. The smallest absolute Gasteiger partial charge is 0.372 e. The number of nitrogens with one attached hydrogen (secondary N) is 3. The van der Waals surface area contributed by atoms with E-state index in [1.54, 1.807) is 19.1 Å². The zero-order chi connectivity index (χ0) is 25.2. The lowest BCUT2D eigenvalue weighted by molar-refractivity contribution is -0.179. The summed E-state index contributed by atoms with van der Waals surface area (Å²) >= 11 is 0. The fraction of sp³-hybridized carbons (Fsp3) is 0.440. The standard InChI is InChI=1S/C25H28F4N4O2/c1-15-21(7-2-16(23(15)26)13-31-24(35)17-12-22(34)30-14-17)32-19-3-5-20(6-4-19)33-10-8-18(9-11-33)25(27,28)29/h2-7,17-18,32H,8-14H2,1H3,(H,30,34)(H,31,35). The van der Waals surface area contributed by atoms with Crippen molar-refractivity contribution in [2.45, 2.75) is 38.9 Å². The van der Waals surface area contributed by atoms with E-state index in [0.717, 1.165) is 11.4 Å². The van der Waals surface area contributed by atoms with Gasteiger partial charge in [0.25, 0.3) is 0 Å². The summed E-state index contributed by atoms with van der Waals surface area (Å²) in [4.78, 5) is 25.4. The molecule has 0 spiro atoms. The summed E-state index contributed by atoms with van der Waals surface area (Å²) < 4.78 is 53.6. The van der Waals surface area contributed by atoms with Gasteiger partial charge in [-0.25, -0.2) is 4.39 Å². The molecular weight excluding hydrogens is 464 g/mol. The fourth-order valence-electron chi connectivity index (χ4n) is 4.51. The van der Waals surface area contributed by atoms with Crippen LogP contribution in [0.2, 0.25) is 0 Å². The number of carbonyl (C=O) groups excluding carboxylic acids is 2. The minimum absolute atomic E-state index is 0.0240. The molecule has 2 aliphatic heterocycles. The highest BCUT2D eigenvalue weighted by Gasteiger charge is 2.41. The number of halogens is 4. The second kappa shape index (κ2) is 10.1. The first-order valence-electron chi connectivity index (χ1n) is 11.6. The maximum absolute atomic E-state index is 14.9. The molecule has 2 aromatic rings. The summed E-state index contributed by atoms with van der Waals surface area (Å²) in [6.07, 6.45) is -3.82. The summed E-state index contributed by atoms with van der Waals surface area (Å²) in [5.41, 5.74) is 2.89. The number of nitrogens with zero attached hydrogens (tertiary/aromatic N) is 1.